The van der Waals surface area contributed by atoms with Crippen molar-refractivity contribution in [3.05, 3.63) is 76.8 Å². The van der Waals surface area contributed by atoms with Crippen LogP contribution in [0.3, 0.4) is 0 Å². The summed E-state index contributed by atoms with van der Waals surface area (Å²) < 4.78 is 5.46. The van der Waals surface area contributed by atoms with Crippen LogP contribution >= 0.6 is 11.3 Å². The fourth-order valence-electron chi connectivity index (χ4n) is 3.47. The lowest BCUT2D eigenvalue weighted by molar-refractivity contribution is -0.0237. The summed E-state index contributed by atoms with van der Waals surface area (Å²) in [5.41, 5.74) is 3.30. The number of nitrogens with zero attached hydrogens (tertiary/aromatic N) is 1. The topological polar surface area (TPSA) is 124 Å². The third kappa shape index (κ3) is 5.09. The Morgan fingerprint density at radius 2 is 1.81 bits per heavy atom. The van der Waals surface area contributed by atoms with E-state index in [0.29, 0.717) is 16.5 Å². The summed E-state index contributed by atoms with van der Waals surface area (Å²) in [6, 6.07) is 17.2. The Bertz CT molecular complexity index is 1030. The highest BCUT2D eigenvalue weighted by Gasteiger charge is 2.44. The van der Waals surface area contributed by atoms with Crippen molar-refractivity contribution in [2.75, 3.05) is 17.2 Å². The van der Waals surface area contributed by atoms with Crippen molar-refractivity contribution in [3.8, 4) is 0 Å². The quantitative estimate of drug-likeness (QED) is 0.401. The second kappa shape index (κ2) is 9.54. The highest BCUT2D eigenvalue weighted by atomic mass is 32.1. The lowest BCUT2D eigenvalue weighted by Crippen LogP contribution is -2.32. The molecule has 162 valence electrons. The number of hydrogen-bond acceptors (Lipinski definition) is 7. The third-order valence-electron chi connectivity index (χ3n) is 5.01. The standard InChI is InChI=1S/C22H23N3O5S/c26-11-17-18(27)19(28)20(30-17)16-12-31-22(24-16)25-21(29)23-15-8-4-7-14(10-15)9-13-5-2-1-3-6-13/h1-8,10,12,17-20,26-28H,9,11H2,(H2,23,24,25,29)/t17-,18-,19-,20+/m1/s1. The van der Waals surface area contributed by atoms with Gasteiger partial charge in [-0.2, -0.15) is 0 Å². The summed E-state index contributed by atoms with van der Waals surface area (Å²) >= 11 is 1.17. The number of rotatable bonds is 6. The molecule has 4 atom stereocenters. The molecule has 2 heterocycles. The zero-order valence-electron chi connectivity index (χ0n) is 16.5. The van der Waals surface area contributed by atoms with E-state index in [1.165, 1.54) is 16.9 Å². The molecule has 5 N–H and O–H groups in total. The van der Waals surface area contributed by atoms with E-state index in [1.807, 2.05) is 36.4 Å². The fraction of sp³-hybridized carbons (Fsp3) is 0.273. The van der Waals surface area contributed by atoms with E-state index < -0.39 is 37.1 Å². The number of carbonyl (C=O) groups is 1. The van der Waals surface area contributed by atoms with Crippen LogP contribution in [0.25, 0.3) is 0 Å². The number of amides is 2. The van der Waals surface area contributed by atoms with Gasteiger partial charge in [-0.05, 0) is 29.7 Å². The van der Waals surface area contributed by atoms with Gasteiger partial charge in [0.05, 0.1) is 12.3 Å². The monoisotopic (exact) mass is 441 g/mol. The van der Waals surface area contributed by atoms with Crippen molar-refractivity contribution in [2.24, 2.45) is 0 Å². The van der Waals surface area contributed by atoms with Gasteiger partial charge in [0.15, 0.2) is 5.13 Å². The minimum Gasteiger partial charge on any atom is -0.394 e. The second-order valence-corrected chi connectivity index (χ2v) is 8.14. The molecule has 0 spiro atoms. The number of nitrogens with one attached hydrogen (secondary N) is 2. The van der Waals surface area contributed by atoms with Gasteiger partial charge in [0, 0.05) is 11.1 Å². The molecule has 2 amide bonds. The van der Waals surface area contributed by atoms with Crippen molar-refractivity contribution in [1.29, 1.82) is 0 Å². The smallest absolute Gasteiger partial charge is 0.325 e. The van der Waals surface area contributed by atoms with Gasteiger partial charge < -0.3 is 25.4 Å². The number of urea groups is 1. The number of ether oxygens (including phenoxy) is 1. The normalized spacial score (nSPS) is 22.9. The molecule has 1 aliphatic rings. The minimum absolute atomic E-state index is 0.325. The molecule has 9 heteroatoms. The van der Waals surface area contributed by atoms with Gasteiger partial charge in [-0.15, -0.1) is 11.3 Å². The molecule has 4 rings (SSSR count). The summed E-state index contributed by atoms with van der Waals surface area (Å²) in [4.78, 5) is 16.7. The van der Waals surface area contributed by atoms with Crippen molar-refractivity contribution in [2.45, 2.75) is 30.8 Å². The number of aromatic nitrogens is 1. The summed E-state index contributed by atoms with van der Waals surface area (Å²) in [6.45, 7) is -0.407. The maximum Gasteiger partial charge on any atom is 0.325 e. The second-order valence-electron chi connectivity index (χ2n) is 7.28. The first-order chi connectivity index (χ1) is 15.0. The average Bonchev–Trinajstić information content (AvgIpc) is 3.33. The first kappa shape index (κ1) is 21.4. The van der Waals surface area contributed by atoms with Crippen LogP contribution in [0.2, 0.25) is 0 Å². The number of hydrogen-bond donors (Lipinski definition) is 5. The Kier molecular flexibility index (Phi) is 6.59. The summed E-state index contributed by atoms with van der Waals surface area (Å²) in [5, 5.41) is 36.6. The SMILES string of the molecule is O=C(Nc1cccc(Cc2ccccc2)c1)Nc1nc([C@@H]2O[C@H](CO)[C@@H](O)[C@H]2O)cs1. The summed E-state index contributed by atoms with van der Waals surface area (Å²) in [7, 11) is 0. The van der Waals surface area contributed by atoms with Gasteiger partial charge in [0.1, 0.15) is 24.4 Å². The molecule has 1 saturated heterocycles. The molecule has 0 saturated carbocycles. The first-order valence-corrected chi connectivity index (χ1v) is 10.7. The first-order valence-electron chi connectivity index (χ1n) is 9.82. The Balaban J connectivity index is 1.36. The average molecular weight is 442 g/mol. The highest BCUT2D eigenvalue weighted by Crippen LogP contribution is 2.34. The number of benzene rings is 2. The predicted octanol–water partition coefficient (Wildman–Crippen LogP) is 2.53. The van der Waals surface area contributed by atoms with Crippen LogP contribution in [0.5, 0.6) is 0 Å². The highest BCUT2D eigenvalue weighted by molar-refractivity contribution is 7.13. The van der Waals surface area contributed by atoms with Crippen molar-refractivity contribution >= 4 is 28.2 Å². The molecule has 3 aromatic rings. The Morgan fingerprint density at radius 1 is 1.03 bits per heavy atom. The number of aliphatic hydroxyl groups is 3. The van der Waals surface area contributed by atoms with Crippen LogP contribution in [0.1, 0.15) is 22.9 Å². The van der Waals surface area contributed by atoms with Crippen LogP contribution in [0.15, 0.2) is 60.0 Å². The van der Waals surface area contributed by atoms with Gasteiger partial charge in [-0.25, -0.2) is 9.78 Å². The van der Waals surface area contributed by atoms with Crippen molar-refractivity contribution in [3.63, 3.8) is 0 Å². The molecule has 8 nitrogen and oxygen atoms in total. The van der Waals surface area contributed by atoms with Crippen LogP contribution in [0, 0.1) is 0 Å². The molecule has 1 aromatic heterocycles. The van der Waals surface area contributed by atoms with E-state index in [1.54, 1.807) is 11.4 Å². The molecule has 0 unspecified atom stereocenters. The lowest BCUT2D eigenvalue weighted by Gasteiger charge is -2.11. The van der Waals surface area contributed by atoms with E-state index in [4.69, 9.17) is 4.74 Å². The van der Waals surface area contributed by atoms with E-state index in [-0.39, 0.29) is 0 Å². The maximum atomic E-state index is 12.4. The number of thiazole rings is 1. The van der Waals surface area contributed by atoms with Crippen LogP contribution < -0.4 is 10.6 Å². The van der Waals surface area contributed by atoms with Gasteiger partial charge in [-0.3, -0.25) is 5.32 Å². The predicted molar refractivity (Wildman–Crippen MR) is 117 cm³/mol. The number of anilines is 2. The molecule has 0 radical (unpaired) electrons. The van der Waals surface area contributed by atoms with Gasteiger partial charge in [-0.1, -0.05) is 42.5 Å². The van der Waals surface area contributed by atoms with Crippen LogP contribution in [-0.4, -0.2) is 51.3 Å². The van der Waals surface area contributed by atoms with E-state index >= 15 is 0 Å². The van der Waals surface area contributed by atoms with Crippen molar-refractivity contribution < 1.29 is 24.9 Å². The molecular weight excluding hydrogens is 418 g/mol. The molecule has 1 fully saturated rings. The zero-order chi connectivity index (χ0) is 21.8. The van der Waals surface area contributed by atoms with Gasteiger partial charge >= 0.3 is 6.03 Å². The van der Waals surface area contributed by atoms with Crippen LogP contribution in [-0.2, 0) is 11.2 Å². The lowest BCUT2D eigenvalue weighted by atomic mass is 10.0. The zero-order valence-corrected chi connectivity index (χ0v) is 17.3. The third-order valence-corrected chi connectivity index (χ3v) is 5.79. The molecule has 2 aromatic carbocycles. The van der Waals surface area contributed by atoms with Gasteiger partial charge in [0.2, 0.25) is 0 Å². The molecule has 31 heavy (non-hydrogen) atoms. The van der Waals surface area contributed by atoms with E-state index in [0.717, 1.165) is 12.0 Å². The van der Waals surface area contributed by atoms with Crippen molar-refractivity contribution in [1.82, 2.24) is 4.98 Å². The van der Waals surface area contributed by atoms with Gasteiger partial charge in [0.25, 0.3) is 0 Å². The number of aliphatic hydroxyl groups excluding tert-OH is 3. The summed E-state index contributed by atoms with van der Waals surface area (Å²) in [5.74, 6) is 0. The van der Waals surface area contributed by atoms with E-state index in [9.17, 15) is 20.1 Å². The number of carbonyl (C=O) groups excluding carboxylic acids is 1. The minimum atomic E-state index is -1.20. The Labute approximate surface area is 183 Å². The molecule has 1 aliphatic heterocycles. The van der Waals surface area contributed by atoms with E-state index in [2.05, 4.69) is 27.8 Å². The Hall–Kier alpha value is -2.82. The molecule has 0 aliphatic carbocycles. The maximum absolute atomic E-state index is 12.4. The van der Waals surface area contributed by atoms with Crippen LogP contribution in [0.4, 0.5) is 15.6 Å². The fourth-order valence-corrected chi connectivity index (χ4v) is 4.20. The summed E-state index contributed by atoms with van der Waals surface area (Å²) in [6.07, 6.45) is -3.37. The molecular formula is C22H23N3O5S. The molecule has 0 bridgehead atoms. The Morgan fingerprint density at radius 3 is 2.55 bits per heavy atom. The largest absolute Gasteiger partial charge is 0.394 e.